The number of nitrogens with zero attached hydrogens (tertiary/aromatic N) is 6. The first-order chi connectivity index (χ1) is 21.0. The zero-order valence-corrected chi connectivity index (χ0v) is 24.1. The van der Waals surface area contributed by atoms with Gasteiger partial charge in [-0.3, -0.25) is 19.3 Å². The van der Waals surface area contributed by atoms with E-state index in [2.05, 4.69) is 31.1 Å². The fraction of sp³-hybridized carbons (Fsp3) is 0.448. The van der Waals surface area contributed by atoms with Gasteiger partial charge in [0.15, 0.2) is 5.82 Å². The van der Waals surface area contributed by atoms with Crippen LogP contribution in [0.2, 0.25) is 0 Å². The molecule has 3 aromatic rings. The smallest absolute Gasteiger partial charge is 0.255 e. The Labute approximate surface area is 249 Å². The maximum Gasteiger partial charge on any atom is 0.255 e. The lowest BCUT2D eigenvalue weighted by atomic mass is 10.0. The molecule has 1 fully saturated rings. The van der Waals surface area contributed by atoms with Crippen molar-refractivity contribution in [3.05, 3.63) is 65.5 Å². The number of tetrazole rings is 1. The van der Waals surface area contributed by atoms with Crippen molar-refractivity contribution in [3.8, 4) is 11.5 Å². The van der Waals surface area contributed by atoms with E-state index in [1.165, 1.54) is 16.7 Å². The van der Waals surface area contributed by atoms with E-state index in [-0.39, 0.29) is 56.5 Å². The molecule has 228 valence electrons. The third kappa shape index (κ3) is 7.64. The number of carbonyl (C=O) groups excluding carboxylic acids is 3. The molecule has 1 atom stereocenters. The van der Waals surface area contributed by atoms with E-state index in [1.54, 1.807) is 18.2 Å². The minimum absolute atomic E-state index is 0.129. The maximum absolute atomic E-state index is 13.6. The molecule has 0 saturated carbocycles. The van der Waals surface area contributed by atoms with Gasteiger partial charge in [0.1, 0.15) is 24.7 Å². The number of nitrogens with one attached hydrogen (secondary N) is 2. The van der Waals surface area contributed by atoms with Gasteiger partial charge in [0.25, 0.3) is 5.91 Å². The molecule has 3 heterocycles. The van der Waals surface area contributed by atoms with E-state index in [0.717, 1.165) is 5.56 Å². The van der Waals surface area contributed by atoms with Gasteiger partial charge in [-0.05, 0) is 34.5 Å². The first-order valence-corrected chi connectivity index (χ1v) is 14.3. The molecule has 0 aliphatic carbocycles. The van der Waals surface area contributed by atoms with Crippen molar-refractivity contribution >= 4 is 17.7 Å². The fourth-order valence-corrected chi connectivity index (χ4v) is 5.12. The number of methoxy groups -OCH3 is 1. The fourth-order valence-electron chi connectivity index (χ4n) is 5.12. The van der Waals surface area contributed by atoms with Gasteiger partial charge in [0.2, 0.25) is 11.8 Å². The molecule has 2 aliphatic rings. The molecule has 14 nitrogen and oxygen atoms in total. The highest BCUT2D eigenvalue weighted by Gasteiger charge is 2.30. The topological polar surface area (TPSA) is 153 Å². The number of benzene rings is 2. The summed E-state index contributed by atoms with van der Waals surface area (Å²) in [5.41, 5.74) is 1.36. The molecular weight excluding hydrogens is 556 g/mol. The van der Waals surface area contributed by atoms with Crippen molar-refractivity contribution in [2.24, 2.45) is 0 Å². The van der Waals surface area contributed by atoms with Gasteiger partial charge in [-0.15, -0.1) is 5.10 Å². The van der Waals surface area contributed by atoms with E-state index >= 15 is 0 Å². The first-order valence-electron chi connectivity index (χ1n) is 14.3. The third-order valence-electron chi connectivity index (χ3n) is 7.31. The average molecular weight is 593 g/mol. The number of hydrogen-bond acceptors (Lipinski definition) is 10. The minimum atomic E-state index is -0.323. The van der Waals surface area contributed by atoms with Crippen LogP contribution >= 0.6 is 0 Å². The number of aromatic nitrogens is 4. The minimum Gasteiger partial charge on any atom is -0.497 e. The third-order valence-corrected chi connectivity index (χ3v) is 7.31. The highest BCUT2D eigenvalue weighted by Crippen LogP contribution is 2.28. The number of hydrogen-bond donors (Lipinski definition) is 2. The molecule has 43 heavy (non-hydrogen) atoms. The lowest BCUT2D eigenvalue weighted by Crippen LogP contribution is -2.45. The average Bonchev–Trinajstić information content (AvgIpc) is 3.48. The number of rotatable bonds is 6. The van der Waals surface area contributed by atoms with Crippen molar-refractivity contribution in [2.75, 3.05) is 66.2 Å². The molecule has 2 aromatic carbocycles. The summed E-state index contributed by atoms with van der Waals surface area (Å²) >= 11 is 0. The van der Waals surface area contributed by atoms with Crippen LogP contribution in [0.25, 0.3) is 0 Å². The molecule has 3 amide bonds. The number of fused-ring (bicyclic) bond motifs is 1. The van der Waals surface area contributed by atoms with Crippen LogP contribution in [0.3, 0.4) is 0 Å². The Bertz CT molecular complexity index is 1390. The summed E-state index contributed by atoms with van der Waals surface area (Å²) in [7, 11) is 1.53. The van der Waals surface area contributed by atoms with Gasteiger partial charge in [0, 0.05) is 32.2 Å². The first kappa shape index (κ1) is 29.9. The van der Waals surface area contributed by atoms with Crippen molar-refractivity contribution in [3.63, 3.8) is 0 Å². The second kappa shape index (κ2) is 14.6. The molecule has 0 bridgehead atoms. The number of morpholine rings is 1. The summed E-state index contributed by atoms with van der Waals surface area (Å²) < 4.78 is 18.1. The number of ether oxygens (including phenoxy) is 3. The van der Waals surface area contributed by atoms with Crippen LogP contribution in [0, 0.1) is 0 Å². The summed E-state index contributed by atoms with van der Waals surface area (Å²) in [6, 6.07) is 14.6. The summed E-state index contributed by atoms with van der Waals surface area (Å²) in [6.07, 6.45) is 0.431. The molecule has 1 aromatic heterocycles. The van der Waals surface area contributed by atoms with Crippen molar-refractivity contribution < 1.29 is 28.6 Å². The summed E-state index contributed by atoms with van der Waals surface area (Å²) in [5.74, 6) is 0.512. The van der Waals surface area contributed by atoms with Gasteiger partial charge in [-0.1, -0.05) is 30.3 Å². The molecule has 1 saturated heterocycles. The van der Waals surface area contributed by atoms with E-state index in [9.17, 15) is 14.4 Å². The van der Waals surface area contributed by atoms with Gasteiger partial charge in [-0.2, -0.15) is 0 Å². The molecule has 14 heteroatoms. The summed E-state index contributed by atoms with van der Waals surface area (Å²) in [6.45, 7) is 3.13. The van der Waals surface area contributed by atoms with Crippen molar-refractivity contribution in [1.82, 2.24) is 40.6 Å². The Kier molecular flexibility index (Phi) is 10.1. The van der Waals surface area contributed by atoms with E-state index < -0.39 is 0 Å². The predicted molar refractivity (Wildman–Crippen MR) is 154 cm³/mol. The molecular formula is C29H36N8O6. The molecule has 0 spiro atoms. The van der Waals surface area contributed by atoms with Gasteiger partial charge >= 0.3 is 0 Å². The van der Waals surface area contributed by atoms with Crippen LogP contribution in [0.15, 0.2) is 48.5 Å². The van der Waals surface area contributed by atoms with Gasteiger partial charge < -0.3 is 29.7 Å². The van der Waals surface area contributed by atoms with Crippen LogP contribution in [0.5, 0.6) is 11.5 Å². The van der Waals surface area contributed by atoms with Crippen molar-refractivity contribution in [1.29, 1.82) is 0 Å². The summed E-state index contributed by atoms with van der Waals surface area (Å²) in [4.78, 5) is 43.0. The van der Waals surface area contributed by atoms with Crippen LogP contribution in [0.4, 0.5) is 0 Å². The zero-order chi connectivity index (χ0) is 30.0. The lowest BCUT2D eigenvalue weighted by molar-refractivity contribution is -0.136. The Balaban J connectivity index is 1.30. The van der Waals surface area contributed by atoms with Crippen LogP contribution in [-0.4, -0.2) is 114 Å². The SMILES string of the molecule is COc1ccc2c(c1)OCCNC(=O)CN(C(=O)Cn1nnnc1C(c1ccccc1)N1CCOCC1)CCCNC2=O. The normalized spacial score (nSPS) is 17.9. The van der Waals surface area contributed by atoms with Crippen LogP contribution in [0.1, 0.15) is 34.2 Å². The second-order valence-electron chi connectivity index (χ2n) is 10.1. The quantitative estimate of drug-likeness (QED) is 0.408. The highest BCUT2D eigenvalue weighted by atomic mass is 16.5. The monoisotopic (exact) mass is 592 g/mol. The van der Waals surface area contributed by atoms with Crippen LogP contribution < -0.4 is 20.1 Å². The van der Waals surface area contributed by atoms with E-state index in [4.69, 9.17) is 14.2 Å². The number of amides is 3. The largest absolute Gasteiger partial charge is 0.497 e. The highest BCUT2D eigenvalue weighted by molar-refractivity contribution is 5.97. The van der Waals surface area contributed by atoms with Gasteiger partial charge in [-0.25, -0.2) is 4.68 Å². The summed E-state index contributed by atoms with van der Waals surface area (Å²) in [5, 5.41) is 18.0. The molecule has 2 aliphatic heterocycles. The lowest BCUT2D eigenvalue weighted by Gasteiger charge is -2.34. The van der Waals surface area contributed by atoms with E-state index in [1.807, 2.05) is 30.3 Å². The molecule has 5 rings (SSSR count). The second-order valence-corrected chi connectivity index (χ2v) is 10.1. The number of carbonyl (C=O) groups is 3. The van der Waals surface area contributed by atoms with Crippen molar-refractivity contribution in [2.45, 2.75) is 19.0 Å². The Morgan fingerprint density at radius 2 is 1.84 bits per heavy atom. The van der Waals surface area contributed by atoms with Crippen LogP contribution in [-0.2, 0) is 20.9 Å². The zero-order valence-electron chi connectivity index (χ0n) is 24.1. The Morgan fingerprint density at radius 3 is 2.63 bits per heavy atom. The molecule has 0 radical (unpaired) electrons. The Morgan fingerprint density at radius 1 is 1.02 bits per heavy atom. The Hall–Kier alpha value is -4.56. The standard InChI is InChI=1S/C29H36N8O6/c1-41-22-8-9-23-24(18-22)43-15-11-30-25(38)19-36(12-5-10-31-29(23)40)26(39)20-37-28(32-33-34-37)27(21-6-3-2-4-7-21)35-13-16-42-17-14-35/h2-4,6-9,18,27H,5,10-17,19-20H2,1H3,(H,30,38)(H,31,40). The predicted octanol–water partition coefficient (Wildman–Crippen LogP) is 0.261. The van der Waals surface area contributed by atoms with E-state index in [0.29, 0.717) is 62.2 Å². The molecule has 2 N–H and O–H groups in total. The maximum atomic E-state index is 13.6. The van der Waals surface area contributed by atoms with Gasteiger partial charge in [0.05, 0.1) is 45.0 Å². The molecule has 1 unspecified atom stereocenters.